The van der Waals surface area contributed by atoms with E-state index < -0.39 is 40.1 Å². The number of Topliss-reactive ketones (excluding diaryl/α,β-unsaturated/α-hetero) is 2. The van der Waals surface area contributed by atoms with Crippen molar-refractivity contribution >= 4 is 11.6 Å². The second-order valence-electron chi connectivity index (χ2n) is 6.02. The molecule has 0 aromatic heterocycles. The van der Waals surface area contributed by atoms with Gasteiger partial charge in [0, 0.05) is 17.7 Å². The number of nitrogens with two attached hydrogens (primary N) is 1. The third kappa shape index (κ3) is 3.07. The van der Waals surface area contributed by atoms with Gasteiger partial charge in [-0.05, 0) is 50.5 Å². The van der Waals surface area contributed by atoms with Crippen molar-refractivity contribution in [3.63, 3.8) is 0 Å². The number of hydrogen-bond donors (Lipinski definition) is 5. The van der Waals surface area contributed by atoms with Crippen LogP contribution in [0.15, 0.2) is 36.4 Å². The Balaban J connectivity index is 2.60. The molecule has 8 heteroatoms. The van der Waals surface area contributed by atoms with Gasteiger partial charge < -0.3 is 26.2 Å². The van der Waals surface area contributed by atoms with Crippen molar-refractivity contribution in [1.82, 2.24) is 4.90 Å². The maximum absolute atomic E-state index is 13.1. The molecule has 0 heterocycles. The molecule has 0 aliphatic heterocycles. The molecule has 0 spiro atoms. The molecule has 0 radical (unpaired) electrons. The summed E-state index contributed by atoms with van der Waals surface area (Å²) in [6.45, 7) is -0.374. The molecule has 0 aliphatic carbocycles. The topological polar surface area (TPSA) is 144 Å². The van der Waals surface area contributed by atoms with Crippen LogP contribution in [-0.4, -0.2) is 63.1 Å². The fraction of sp³-hybridized carbons (Fsp3) is 0.222. The summed E-state index contributed by atoms with van der Waals surface area (Å²) in [6, 6.07) is 6.91. The molecule has 8 nitrogen and oxygen atoms in total. The van der Waals surface area contributed by atoms with Crippen LogP contribution in [0.2, 0.25) is 0 Å². The number of phenols is 4. The maximum atomic E-state index is 13.1. The third-order valence-corrected chi connectivity index (χ3v) is 4.29. The first-order valence-electron chi connectivity index (χ1n) is 7.66. The molecule has 2 aromatic rings. The van der Waals surface area contributed by atoms with Gasteiger partial charge in [0.25, 0.3) is 0 Å². The van der Waals surface area contributed by atoms with Gasteiger partial charge in [-0.25, -0.2) is 0 Å². The Hall–Kier alpha value is -3.10. The van der Waals surface area contributed by atoms with Gasteiger partial charge in [-0.3, -0.25) is 14.5 Å². The quantitative estimate of drug-likeness (QED) is 0.289. The van der Waals surface area contributed by atoms with E-state index >= 15 is 0 Å². The highest BCUT2D eigenvalue weighted by atomic mass is 16.3. The minimum atomic E-state index is -1.81. The fourth-order valence-electron chi connectivity index (χ4n) is 2.68. The van der Waals surface area contributed by atoms with Crippen LogP contribution < -0.4 is 5.73 Å². The minimum absolute atomic E-state index is 0.0178. The lowest BCUT2D eigenvalue weighted by atomic mass is 9.81. The zero-order chi connectivity index (χ0) is 19.6. The summed E-state index contributed by atoms with van der Waals surface area (Å²) in [5.74, 6) is -3.18. The number of aromatic hydroxyl groups is 4. The molecule has 6 N–H and O–H groups in total. The lowest BCUT2D eigenvalue weighted by molar-refractivity contribution is 0.0581. The van der Waals surface area contributed by atoms with E-state index in [1.165, 1.54) is 31.1 Å². The summed E-state index contributed by atoms with van der Waals surface area (Å²) >= 11 is 0. The van der Waals surface area contributed by atoms with Crippen LogP contribution in [0.3, 0.4) is 0 Å². The van der Waals surface area contributed by atoms with Gasteiger partial charge in [-0.2, -0.15) is 0 Å². The van der Waals surface area contributed by atoms with Gasteiger partial charge >= 0.3 is 0 Å². The van der Waals surface area contributed by atoms with Crippen molar-refractivity contribution in [3.8, 4) is 23.0 Å². The molecule has 26 heavy (non-hydrogen) atoms. The van der Waals surface area contributed by atoms with Gasteiger partial charge in [-0.1, -0.05) is 0 Å². The van der Waals surface area contributed by atoms with E-state index in [0.717, 1.165) is 24.3 Å². The zero-order valence-corrected chi connectivity index (χ0v) is 14.3. The van der Waals surface area contributed by atoms with Crippen LogP contribution in [-0.2, 0) is 0 Å². The summed E-state index contributed by atoms with van der Waals surface area (Å²) < 4.78 is 0. The Morgan fingerprint density at radius 3 is 1.50 bits per heavy atom. The molecular weight excluding hydrogens is 340 g/mol. The lowest BCUT2D eigenvalue weighted by Crippen LogP contribution is -2.62. The van der Waals surface area contributed by atoms with Gasteiger partial charge in [0.05, 0.1) is 0 Å². The van der Waals surface area contributed by atoms with Crippen molar-refractivity contribution in [2.45, 2.75) is 5.54 Å². The van der Waals surface area contributed by atoms with Crippen LogP contribution in [0, 0.1) is 0 Å². The van der Waals surface area contributed by atoms with Crippen LogP contribution in [0.5, 0.6) is 23.0 Å². The Labute approximate surface area is 149 Å². The second kappa shape index (κ2) is 7.03. The van der Waals surface area contributed by atoms with E-state index in [1.54, 1.807) is 0 Å². The average molecular weight is 360 g/mol. The highest BCUT2D eigenvalue weighted by Gasteiger charge is 2.47. The van der Waals surface area contributed by atoms with Crippen molar-refractivity contribution in [2.24, 2.45) is 5.73 Å². The Bertz CT molecular complexity index is 799. The molecule has 0 fully saturated rings. The predicted molar refractivity (Wildman–Crippen MR) is 93.7 cm³/mol. The molecule has 0 saturated heterocycles. The summed E-state index contributed by atoms with van der Waals surface area (Å²) in [4.78, 5) is 27.6. The summed E-state index contributed by atoms with van der Waals surface area (Å²) in [5, 5.41) is 38.2. The molecular formula is C18H20N2O6. The van der Waals surface area contributed by atoms with Gasteiger partial charge in [-0.15, -0.1) is 0 Å². The first kappa shape index (κ1) is 19.2. The number of carbonyl (C=O) groups is 2. The number of likely N-dealkylation sites (N-methyl/N-ethyl adjacent to an activating group) is 1. The van der Waals surface area contributed by atoms with Crippen molar-refractivity contribution < 1.29 is 30.0 Å². The first-order chi connectivity index (χ1) is 12.1. The monoisotopic (exact) mass is 360 g/mol. The second-order valence-corrected chi connectivity index (χ2v) is 6.02. The van der Waals surface area contributed by atoms with Gasteiger partial charge in [0.1, 0.15) is 0 Å². The van der Waals surface area contributed by atoms with Crippen molar-refractivity contribution in [2.75, 3.05) is 20.6 Å². The number of rotatable bonds is 6. The zero-order valence-electron chi connectivity index (χ0n) is 14.3. The van der Waals surface area contributed by atoms with E-state index in [2.05, 4.69) is 0 Å². The number of phenolic OH excluding ortho intramolecular Hbond substituents is 4. The Morgan fingerprint density at radius 2 is 1.23 bits per heavy atom. The van der Waals surface area contributed by atoms with E-state index in [1.807, 2.05) is 0 Å². The summed E-state index contributed by atoms with van der Waals surface area (Å²) in [6.07, 6.45) is 0. The highest BCUT2D eigenvalue weighted by molar-refractivity contribution is 6.24. The van der Waals surface area contributed by atoms with Crippen LogP contribution in [0.1, 0.15) is 20.7 Å². The van der Waals surface area contributed by atoms with Crippen LogP contribution >= 0.6 is 0 Å². The van der Waals surface area contributed by atoms with E-state index in [-0.39, 0.29) is 17.7 Å². The summed E-state index contributed by atoms with van der Waals surface area (Å²) in [5.41, 5.74) is 3.97. The normalized spacial score (nSPS) is 11.5. The van der Waals surface area contributed by atoms with E-state index in [9.17, 15) is 30.0 Å². The van der Waals surface area contributed by atoms with Gasteiger partial charge in [0.2, 0.25) is 0 Å². The Kier molecular flexibility index (Phi) is 5.20. The fourth-order valence-corrected chi connectivity index (χ4v) is 2.68. The largest absolute Gasteiger partial charge is 0.504 e. The van der Waals surface area contributed by atoms with E-state index in [0.29, 0.717) is 0 Å². The molecule has 0 aliphatic rings. The van der Waals surface area contributed by atoms with Crippen molar-refractivity contribution in [3.05, 3.63) is 47.5 Å². The molecule has 138 valence electrons. The Morgan fingerprint density at radius 1 is 0.846 bits per heavy atom. The minimum Gasteiger partial charge on any atom is -0.504 e. The molecule has 2 rings (SSSR count). The van der Waals surface area contributed by atoms with Crippen LogP contribution in [0.25, 0.3) is 0 Å². The molecule has 0 atom stereocenters. The lowest BCUT2D eigenvalue weighted by Gasteiger charge is -2.36. The first-order valence-corrected chi connectivity index (χ1v) is 7.66. The van der Waals surface area contributed by atoms with E-state index in [4.69, 9.17) is 5.73 Å². The smallest absolute Gasteiger partial charge is 0.192 e. The predicted octanol–water partition coefficient (Wildman–Crippen LogP) is 0.834. The number of ketones is 2. The number of hydrogen-bond acceptors (Lipinski definition) is 8. The number of carbonyl (C=O) groups excluding carboxylic acids is 2. The van der Waals surface area contributed by atoms with Crippen molar-refractivity contribution in [1.29, 1.82) is 0 Å². The molecule has 0 unspecified atom stereocenters. The average Bonchev–Trinajstić information content (AvgIpc) is 2.60. The molecule has 0 bridgehead atoms. The molecule has 2 aromatic carbocycles. The number of benzene rings is 2. The maximum Gasteiger partial charge on any atom is 0.192 e. The molecule has 0 saturated carbocycles. The third-order valence-electron chi connectivity index (χ3n) is 4.29. The number of nitrogens with zero attached hydrogens (tertiary/aromatic N) is 1. The van der Waals surface area contributed by atoms with Crippen LogP contribution in [0.4, 0.5) is 0 Å². The highest BCUT2D eigenvalue weighted by Crippen LogP contribution is 2.31. The molecule has 0 amide bonds. The summed E-state index contributed by atoms with van der Waals surface area (Å²) in [7, 11) is 3.01. The standard InChI is InChI=1S/C18H20N2O6/c1-20(2)18(9-19,16(25)10-3-5-12(21)14(23)7-10)17(26)11-4-6-13(22)15(24)8-11/h3-8,21-24H,9,19H2,1-2H3. The SMILES string of the molecule is CN(C)C(CN)(C(=O)c1ccc(O)c(O)c1)C(=O)c1ccc(O)c(O)c1. The van der Waals surface area contributed by atoms with Gasteiger partial charge in [0.15, 0.2) is 40.1 Å².